The van der Waals surface area contributed by atoms with Crippen molar-refractivity contribution in [2.75, 3.05) is 0 Å². The van der Waals surface area contributed by atoms with Crippen molar-refractivity contribution in [3.8, 4) is 0 Å². The first-order valence-electron chi connectivity index (χ1n) is 12.5. The Bertz CT molecular complexity index is 1670. The zero-order valence-electron chi connectivity index (χ0n) is 22.9. The molecule has 0 saturated heterocycles. The van der Waals surface area contributed by atoms with Gasteiger partial charge in [-0.15, -0.1) is 0 Å². The summed E-state index contributed by atoms with van der Waals surface area (Å²) < 4.78 is 1.67. The number of halogens is 3. The van der Waals surface area contributed by atoms with Crippen LogP contribution in [0.15, 0.2) is 60.9 Å². The number of aromatic nitrogens is 4. The van der Waals surface area contributed by atoms with Gasteiger partial charge in [0.1, 0.15) is 0 Å². The van der Waals surface area contributed by atoms with E-state index in [0.29, 0.717) is 22.2 Å². The fourth-order valence-electron chi connectivity index (χ4n) is 3.75. The SMILES string of the molecule is CC(=O)c1cccc2[nH]ccc12.CC(=O)c1cccc2c1cc(B(O)O)n2C.Clc1ncc(Cl)c(Cl)n1.NC1CC1.[Pd]. The number of Topliss-reactive ketones (excluding diaryl/α,β-unsaturated/α-hetero) is 2. The van der Waals surface area contributed by atoms with Gasteiger partial charge in [0.15, 0.2) is 16.7 Å². The second kappa shape index (κ2) is 16.3. The van der Waals surface area contributed by atoms with Crippen molar-refractivity contribution in [3.05, 3.63) is 87.5 Å². The Morgan fingerprint density at radius 3 is 2.07 bits per heavy atom. The zero-order valence-corrected chi connectivity index (χ0v) is 26.7. The van der Waals surface area contributed by atoms with E-state index in [0.717, 1.165) is 27.4 Å². The molecule has 0 radical (unpaired) electrons. The van der Waals surface area contributed by atoms with Crippen LogP contribution in [-0.2, 0) is 27.5 Å². The Morgan fingerprint density at radius 2 is 1.57 bits per heavy atom. The first kappa shape index (κ1) is 35.6. The van der Waals surface area contributed by atoms with Crippen LogP contribution in [0.4, 0.5) is 0 Å². The van der Waals surface area contributed by atoms with Gasteiger partial charge < -0.3 is 25.3 Å². The molecule has 6 rings (SSSR count). The van der Waals surface area contributed by atoms with E-state index in [1.807, 2.05) is 36.5 Å². The summed E-state index contributed by atoms with van der Waals surface area (Å²) in [5, 5.41) is 20.7. The van der Waals surface area contributed by atoms with Gasteiger partial charge in [-0.25, -0.2) is 9.97 Å². The molecule has 0 amide bonds. The first-order valence-corrected chi connectivity index (χ1v) is 13.7. The number of ketones is 2. The van der Waals surface area contributed by atoms with E-state index in [-0.39, 0.29) is 42.4 Å². The Hall–Kier alpha value is -2.58. The quantitative estimate of drug-likeness (QED) is 0.0890. The number of rotatable bonds is 3. The minimum Gasteiger partial charge on any atom is -0.422 e. The molecule has 1 saturated carbocycles. The zero-order chi connectivity index (χ0) is 30.3. The summed E-state index contributed by atoms with van der Waals surface area (Å²) in [4.78, 5) is 32.8. The van der Waals surface area contributed by atoms with Crippen molar-refractivity contribution < 1.29 is 40.1 Å². The Kier molecular flexibility index (Phi) is 13.8. The standard InChI is InChI=1S/C11H12BNO3.C10H9NO.C4HCl3N2.C3H7N.Pd/c1-7(14)8-4-3-5-10-9(8)6-11(12(15)16)13(10)2;1-7(12)8-3-2-4-10-9(8)5-6-11-10;5-2-1-8-4(7)9-3(2)6;4-3-1-2-3;/h3-6,15-16H,1-2H3;2-6,11H,1H3;1H;3H,1-2,4H2;. The second-order valence-corrected chi connectivity index (χ2v) is 10.3. The number of aryl methyl sites for hydroxylation is 1. The third-order valence-electron chi connectivity index (χ3n) is 6.04. The van der Waals surface area contributed by atoms with Crippen LogP contribution in [0.3, 0.4) is 0 Å². The molecule has 0 atom stereocenters. The number of benzene rings is 2. The number of nitrogens with two attached hydrogens (primary N) is 1. The summed E-state index contributed by atoms with van der Waals surface area (Å²) in [5.74, 6) is 0.0791. The fourth-order valence-corrected chi connectivity index (χ4v) is 4.15. The molecule has 9 nitrogen and oxygen atoms in total. The van der Waals surface area contributed by atoms with Crippen LogP contribution in [0.5, 0.6) is 0 Å². The maximum Gasteiger partial charge on any atom is 0.505 e. The summed E-state index contributed by atoms with van der Waals surface area (Å²) in [6.45, 7) is 3.08. The number of hydrogen-bond donors (Lipinski definition) is 4. The number of nitrogens with zero attached hydrogens (tertiary/aromatic N) is 3. The molecule has 0 unspecified atom stereocenters. The molecule has 42 heavy (non-hydrogen) atoms. The minimum atomic E-state index is -1.53. The number of nitrogens with one attached hydrogen (secondary N) is 1. The number of H-pyrrole nitrogens is 1. The predicted molar refractivity (Wildman–Crippen MR) is 165 cm³/mol. The van der Waals surface area contributed by atoms with E-state index in [1.54, 1.807) is 36.7 Å². The van der Waals surface area contributed by atoms with Gasteiger partial charge in [0, 0.05) is 78.2 Å². The average molecular weight is 723 g/mol. The van der Waals surface area contributed by atoms with E-state index in [4.69, 9.17) is 40.5 Å². The van der Waals surface area contributed by atoms with Gasteiger partial charge in [0.2, 0.25) is 5.28 Å². The third kappa shape index (κ3) is 9.73. The van der Waals surface area contributed by atoms with E-state index in [9.17, 15) is 19.6 Å². The molecule has 0 aliphatic heterocycles. The van der Waals surface area contributed by atoms with Crippen molar-refractivity contribution in [1.82, 2.24) is 19.5 Å². The topological polar surface area (TPSA) is 147 Å². The number of carbonyl (C=O) groups is 2. The molecule has 1 aliphatic carbocycles. The summed E-state index contributed by atoms with van der Waals surface area (Å²) in [5.41, 5.74) is 8.82. The largest absolute Gasteiger partial charge is 0.505 e. The maximum absolute atomic E-state index is 11.4. The molecule has 224 valence electrons. The van der Waals surface area contributed by atoms with Crippen LogP contribution in [0, 0.1) is 0 Å². The third-order valence-corrected chi connectivity index (χ3v) is 6.88. The number of carbonyl (C=O) groups excluding carboxylic acids is 2. The van der Waals surface area contributed by atoms with Crippen molar-refractivity contribution in [2.45, 2.75) is 32.7 Å². The smallest absolute Gasteiger partial charge is 0.422 e. The van der Waals surface area contributed by atoms with Crippen molar-refractivity contribution in [2.24, 2.45) is 12.8 Å². The molecular formula is C28H29BCl3N5O4Pd. The Balaban J connectivity index is 0.000000210. The van der Waals surface area contributed by atoms with Crippen LogP contribution < -0.4 is 11.3 Å². The van der Waals surface area contributed by atoms with Crippen LogP contribution >= 0.6 is 34.8 Å². The van der Waals surface area contributed by atoms with E-state index < -0.39 is 7.12 Å². The van der Waals surface area contributed by atoms with E-state index >= 15 is 0 Å². The normalized spacial score (nSPS) is 11.6. The van der Waals surface area contributed by atoms with Crippen molar-refractivity contribution >= 4 is 80.9 Å². The van der Waals surface area contributed by atoms with Crippen LogP contribution in [-0.4, -0.2) is 54.3 Å². The molecule has 0 spiro atoms. The van der Waals surface area contributed by atoms with Crippen molar-refractivity contribution in [1.29, 1.82) is 0 Å². The minimum absolute atomic E-state index is 0. The van der Waals surface area contributed by atoms with Gasteiger partial charge in [0.25, 0.3) is 0 Å². The van der Waals surface area contributed by atoms with Gasteiger partial charge in [-0.1, -0.05) is 47.5 Å². The molecule has 1 aliphatic rings. The van der Waals surface area contributed by atoms with Gasteiger partial charge in [0.05, 0.1) is 11.2 Å². The molecule has 14 heteroatoms. The average Bonchev–Trinajstić information content (AvgIpc) is 3.42. The van der Waals surface area contributed by atoms with Gasteiger partial charge in [-0.05, 0) is 62.6 Å². The van der Waals surface area contributed by atoms with Crippen LogP contribution in [0.2, 0.25) is 15.5 Å². The summed E-state index contributed by atoms with van der Waals surface area (Å²) in [6.07, 6.45) is 5.72. The first-order chi connectivity index (χ1) is 19.4. The summed E-state index contributed by atoms with van der Waals surface area (Å²) >= 11 is 16.3. The van der Waals surface area contributed by atoms with Crippen molar-refractivity contribution in [3.63, 3.8) is 0 Å². The number of fused-ring (bicyclic) bond motifs is 2. The second-order valence-electron chi connectivity index (χ2n) is 9.21. The molecule has 3 heterocycles. The summed E-state index contributed by atoms with van der Waals surface area (Å²) in [6, 6.07) is 15.2. The fraction of sp³-hybridized carbons (Fsp3) is 0.214. The molecule has 5 N–H and O–H groups in total. The summed E-state index contributed by atoms with van der Waals surface area (Å²) in [7, 11) is 0.207. The monoisotopic (exact) mass is 721 g/mol. The number of aromatic amines is 1. The molecule has 2 aromatic carbocycles. The molecule has 5 aromatic rings. The molecule has 3 aromatic heterocycles. The number of hydrogen-bond acceptors (Lipinski definition) is 7. The van der Waals surface area contributed by atoms with Gasteiger partial charge in [-0.2, -0.15) is 0 Å². The molecule has 0 bridgehead atoms. The molecule has 1 fully saturated rings. The Labute approximate surface area is 272 Å². The predicted octanol–water partition coefficient (Wildman–Crippen LogP) is 4.97. The van der Waals surface area contributed by atoms with Gasteiger partial charge in [-0.3, -0.25) is 9.59 Å². The maximum atomic E-state index is 11.4. The molecular weight excluding hydrogens is 694 g/mol. The van der Waals surface area contributed by atoms with E-state index in [2.05, 4.69) is 15.0 Å². The van der Waals surface area contributed by atoms with E-state index in [1.165, 1.54) is 26.0 Å². The van der Waals surface area contributed by atoms with Crippen LogP contribution in [0.25, 0.3) is 21.8 Å². The Morgan fingerprint density at radius 1 is 1.00 bits per heavy atom. The van der Waals surface area contributed by atoms with Crippen LogP contribution in [0.1, 0.15) is 47.4 Å². The van der Waals surface area contributed by atoms with Gasteiger partial charge >= 0.3 is 7.12 Å².